The summed E-state index contributed by atoms with van der Waals surface area (Å²) in [6, 6.07) is 18.1. The van der Waals surface area contributed by atoms with Crippen LogP contribution in [-0.4, -0.2) is 25.2 Å². The Kier molecular flexibility index (Phi) is 8.57. The lowest BCUT2D eigenvalue weighted by Gasteiger charge is -2.26. The van der Waals surface area contributed by atoms with Crippen LogP contribution in [0.5, 0.6) is 0 Å². The van der Waals surface area contributed by atoms with Gasteiger partial charge in [0.2, 0.25) is 0 Å². The Morgan fingerprint density at radius 1 is 0.833 bits per heavy atom. The highest BCUT2D eigenvalue weighted by atomic mass is 16.5. The van der Waals surface area contributed by atoms with E-state index >= 15 is 0 Å². The molecule has 0 aliphatic rings. The molecule has 6 heteroatoms. The molecule has 0 saturated carbocycles. The van der Waals surface area contributed by atoms with Crippen molar-refractivity contribution >= 4 is 11.9 Å². The number of benzene rings is 2. The Hall–Kier alpha value is -2.70. The number of carbonyl (C=O) groups excluding carboxylic acids is 2. The van der Waals surface area contributed by atoms with Gasteiger partial charge in [-0.3, -0.25) is 9.59 Å². The third-order valence-corrected chi connectivity index (χ3v) is 5.03. The predicted octanol–water partition coefficient (Wildman–Crippen LogP) is 3.53. The normalized spacial score (nSPS) is 14.4. The molecule has 0 spiro atoms. The molecule has 0 saturated heterocycles. The Balaban J connectivity index is 1.80. The first kappa shape index (κ1) is 23.6. The summed E-state index contributed by atoms with van der Waals surface area (Å²) in [4.78, 5) is 24.9. The van der Waals surface area contributed by atoms with E-state index in [9.17, 15) is 9.59 Å². The molecule has 0 radical (unpaired) electrons. The van der Waals surface area contributed by atoms with Gasteiger partial charge in [0, 0.05) is 0 Å². The van der Waals surface area contributed by atoms with Crippen LogP contribution >= 0.6 is 0 Å². The molecule has 6 nitrogen and oxygen atoms in total. The van der Waals surface area contributed by atoms with Gasteiger partial charge in [0.1, 0.15) is 13.2 Å². The second-order valence-corrected chi connectivity index (χ2v) is 8.25. The molecule has 0 aromatic heterocycles. The lowest BCUT2D eigenvalue weighted by molar-refractivity contribution is -0.158. The summed E-state index contributed by atoms with van der Waals surface area (Å²) in [6.07, 6.45) is 0.297. The van der Waals surface area contributed by atoms with Crippen LogP contribution in [0.25, 0.3) is 0 Å². The topological polar surface area (TPSA) is 105 Å². The number of esters is 2. The summed E-state index contributed by atoms with van der Waals surface area (Å²) in [7, 11) is 0. The van der Waals surface area contributed by atoms with E-state index in [-0.39, 0.29) is 25.2 Å². The molecule has 3 atom stereocenters. The molecule has 0 heterocycles. The number of carbonyl (C=O) groups is 2. The molecule has 2 aromatic rings. The van der Waals surface area contributed by atoms with Gasteiger partial charge in [-0.25, -0.2) is 0 Å². The Labute approximate surface area is 178 Å². The van der Waals surface area contributed by atoms with Gasteiger partial charge in [0.25, 0.3) is 0 Å². The second kappa shape index (κ2) is 10.9. The van der Waals surface area contributed by atoms with Gasteiger partial charge >= 0.3 is 11.9 Å². The average Bonchev–Trinajstić information content (AvgIpc) is 2.76. The Morgan fingerprint density at radius 2 is 1.27 bits per heavy atom. The van der Waals surface area contributed by atoms with Gasteiger partial charge < -0.3 is 20.9 Å². The molecule has 3 unspecified atom stereocenters. The van der Waals surface area contributed by atoms with Crippen LogP contribution in [0.15, 0.2) is 60.7 Å². The fourth-order valence-electron chi connectivity index (χ4n) is 3.20. The van der Waals surface area contributed by atoms with E-state index in [1.165, 1.54) is 0 Å². The standard InChI is InChI=1S/C24H32N2O4/c1-17(22(27)29-15-20(25)18-10-6-4-7-11-18)14-24(2,3)23(28)30-16-21(26)19-12-8-5-9-13-19/h4-13,17,20-21H,14-16,25-26H2,1-3H3. The van der Waals surface area contributed by atoms with Crippen molar-refractivity contribution in [3.63, 3.8) is 0 Å². The highest BCUT2D eigenvalue weighted by molar-refractivity contribution is 5.78. The molecule has 0 bridgehead atoms. The van der Waals surface area contributed by atoms with Gasteiger partial charge in [0.15, 0.2) is 0 Å². The van der Waals surface area contributed by atoms with Crippen LogP contribution in [0.1, 0.15) is 50.4 Å². The third-order valence-electron chi connectivity index (χ3n) is 5.03. The monoisotopic (exact) mass is 412 g/mol. The molecule has 30 heavy (non-hydrogen) atoms. The van der Waals surface area contributed by atoms with Gasteiger partial charge in [-0.05, 0) is 31.4 Å². The van der Waals surface area contributed by atoms with E-state index in [0.717, 1.165) is 11.1 Å². The molecule has 0 fully saturated rings. The van der Waals surface area contributed by atoms with Crippen molar-refractivity contribution in [2.75, 3.05) is 13.2 Å². The lowest BCUT2D eigenvalue weighted by atomic mass is 9.83. The maximum atomic E-state index is 12.6. The summed E-state index contributed by atoms with van der Waals surface area (Å²) >= 11 is 0. The van der Waals surface area contributed by atoms with E-state index in [0.29, 0.717) is 6.42 Å². The quantitative estimate of drug-likeness (QED) is 0.579. The van der Waals surface area contributed by atoms with E-state index in [1.54, 1.807) is 20.8 Å². The van der Waals surface area contributed by atoms with E-state index in [4.69, 9.17) is 20.9 Å². The molecule has 0 aliphatic heterocycles. The first-order valence-corrected chi connectivity index (χ1v) is 10.2. The molecule has 4 N–H and O–H groups in total. The van der Waals surface area contributed by atoms with E-state index in [2.05, 4.69) is 0 Å². The Morgan fingerprint density at radius 3 is 1.73 bits per heavy atom. The smallest absolute Gasteiger partial charge is 0.311 e. The highest BCUT2D eigenvalue weighted by Gasteiger charge is 2.34. The van der Waals surface area contributed by atoms with Crippen molar-refractivity contribution in [1.82, 2.24) is 0 Å². The van der Waals surface area contributed by atoms with Crippen LogP contribution < -0.4 is 11.5 Å². The van der Waals surface area contributed by atoms with Gasteiger partial charge in [-0.2, -0.15) is 0 Å². The first-order valence-electron chi connectivity index (χ1n) is 10.2. The number of hydrogen-bond donors (Lipinski definition) is 2. The largest absolute Gasteiger partial charge is 0.463 e. The van der Waals surface area contributed by atoms with Crippen LogP contribution in [-0.2, 0) is 19.1 Å². The van der Waals surface area contributed by atoms with Crippen LogP contribution in [0.3, 0.4) is 0 Å². The molecular formula is C24H32N2O4. The minimum Gasteiger partial charge on any atom is -0.463 e. The molecule has 162 valence electrons. The van der Waals surface area contributed by atoms with Gasteiger partial charge in [0.05, 0.1) is 23.4 Å². The summed E-state index contributed by atoms with van der Waals surface area (Å²) in [5.74, 6) is -1.25. The van der Waals surface area contributed by atoms with Crippen molar-refractivity contribution < 1.29 is 19.1 Å². The molecular weight excluding hydrogens is 380 g/mol. The maximum absolute atomic E-state index is 12.6. The second-order valence-electron chi connectivity index (χ2n) is 8.25. The fraction of sp³-hybridized carbons (Fsp3) is 0.417. The summed E-state index contributed by atoms with van der Waals surface area (Å²) in [6.45, 7) is 5.41. The van der Waals surface area contributed by atoms with E-state index < -0.39 is 23.3 Å². The van der Waals surface area contributed by atoms with Gasteiger partial charge in [-0.15, -0.1) is 0 Å². The number of hydrogen-bond acceptors (Lipinski definition) is 6. The fourth-order valence-corrected chi connectivity index (χ4v) is 3.20. The minimum absolute atomic E-state index is 0.0804. The summed E-state index contributed by atoms with van der Waals surface area (Å²) < 4.78 is 10.8. The lowest BCUT2D eigenvalue weighted by Crippen LogP contribution is -2.33. The molecule has 0 amide bonds. The summed E-state index contributed by atoms with van der Waals surface area (Å²) in [5, 5.41) is 0. The molecule has 2 aromatic carbocycles. The SMILES string of the molecule is CC(CC(C)(C)C(=O)OCC(N)c1ccccc1)C(=O)OCC(N)c1ccccc1. The van der Waals surface area contributed by atoms with E-state index in [1.807, 2.05) is 60.7 Å². The van der Waals surface area contributed by atoms with Crippen molar-refractivity contribution in [3.05, 3.63) is 71.8 Å². The van der Waals surface area contributed by atoms with Crippen molar-refractivity contribution in [1.29, 1.82) is 0 Å². The third kappa shape index (κ3) is 6.97. The predicted molar refractivity (Wildman–Crippen MR) is 116 cm³/mol. The van der Waals surface area contributed by atoms with Crippen molar-refractivity contribution in [2.24, 2.45) is 22.8 Å². The minimum atomic E-state index is -0.851. The highest BCUT2D eigenvalue weighted by Crippen LogP contribution is 2.28. The molecule has 2 rings (SSSR count). The zero-order valence-electron chi connectivity index (χ0n) is 17.9. The average molecular weight is 413 g/mol. The number of ether oxygens (including phenoxy) is 2. The summed E-state index contributed by atoms with van der Waals surface area (Å²) in [5.41, 5.74) is 13.1. The molecule has 0 aliphatic carbocycles. The van der Waals surface area contributed by atoms with Crippen LogP contribution in [0.4, 0.5) is 0 Å². The Bertz CT molecular complexity index is 808. The number of rotatable bonds is 10. The maximum Gasteiger partial charge on any atom is 0.311 e. The van der Waals surface area contributed by atoms with Crippen molar-refractivity contribution in [3.8, 4) is 0 Å². The number of nitrogens with two attached hydrogens (primary N) is 2. The first-order chi connectivity index (χ1) is 14.2. The van der Waals surface area contributed by atoms with Gasteiger partial charge in [-0.1, -0.05) is 67.6 Å². The van der Waals surface area contributed by atoms with Crippen molar-refractivity contribution in [2.45, 2.75) is 39.3 Å². The zero-order chi connectivity index (χ0) is 22.1. The van der Waals surface area contributed by atoms with Crippen LogP contribution in [0.2, 0.25) is 0 Å². The van der Waals surface area contributed by atoms with Crippen LogP contribution in [0, 0.1) is 11.3 Å². The zero-order valence-corrected chi connectivity index (χ0v) is 17.9.